The number of nitrogens with two attached hydrogens (primary N) is 1. The number of anilines is 1. The van der Waals surface area contributed by atoms with E-state index in [4.69, 9.17) is 16.7 Å². The van der Waals surface area contributed by atoms with Gasteiger partial charge in [0, 0.05) is 12.7 Å². The van der Waals surface area contributed by atoms with Crippen LogP contribution in [0, 0.1) is 0 Å². The Morgan fingerprint density at radius 2 is 2.21 bits per heavy atom. The lowest BCUT2D eigenvalue weighted by atomic mass is 10.4. The number of pyridine rings is 1. The molecule has 0 amide bonds. The minimum Gasteiger partial charge on any atom is -0.369 e. The fourth-order valence-electron chi connectivity index (χ4n) is 0.802. The van der Waals surface area contributed by atoms with Gasteiger partial charge in [0.05, 0.1) is 10.8 Å². The molecule has 1 aromatic rings. The maximum atomic E-state index is 10.6. The molecule has 1 heterocycles. The maximum absolute atomic E-state index is 10.6. The Labute approximate surface area is 87.3 Å². The van der Waals surface area contributed by atoms with Gasteiger partial charge in [-0.15, -0.1) is 0 Å². The molecular formula is C7H10ClN3O2S. The van der Waals surface area contributed by atoms with Crippen LogP contribution >= 0.6 is 11.6 Å². The number of nitrogens with one attached hydrogen (secondary N) is 1. The van der Waals surface area contributed by atoms with Crippen molar-refractivity contribution in [2.75, 3.05) is 17.6 Å². The van der Waals surface area contributed by atoms with Gasteiger partial charge in [0.15, 0.2) is 0 Å². The summed E-state index contributed by atoms with van der Waals surface area (Å²) in [5, 5.41) is 8.14. The summed E-state index contributed by atoms with van der Waals surface area (Å²) in [7, 11) is -3.42. The van der Waals surface area contributed by atoms with Crippen LogP contribution in [0.4, 0.5) is 5.82 Å². The Balaban J connectivity index is 2.43. The molecule has 0 radical (unpaired) electrons. The summed E-state index contributed by atoms with van der Waals surface area (Å²) in [6, 6.07) is 3.32. The van der Waals surface area contributed by atoms with E-state index in [0.717, 1.165) is 0 Å². The van der Waals surface area contributed by atoms with Crippen LogP contribution in [0.5, 0.6) is 0 Å². The van der Waals surface area contributed by atoms with Crippen molar-refractivity contribution in [2.45, 2.75) is 0 Å². The SMILES string of the molecule is NS(=O)(=O)CCNc1ccc(Cl)cn1. The van der Waals surface area contributed by atoms with Crippen molar-refractivity contribution >= 4 is 27.4 Å². The van der Waals surface area contributed by atoms with E-state index in [1.807, 2.05) is 0 Å². The van der Waals surface area contributed by atoms with Gasteiger partial charge in [-0.3, -0.25) is 0 Å². The zero-order valence-electron chi connectivity index (χ0n) is 7.27. The molecule has 7 heteroatoms. The zero-order valence-corrected chi connectivity index (χ0v) is 8.85. The standard InChI is InChI=1S/C7H10ClN3O2S/c8-6-1-2-7(11-5-6)10-3-4-14(9,12)13/h1-2,5H,3-4H2,(H,10,11)(H2,9,12,13). The quantitative estimate of drug-likeness (QED) is 0.793. The highest BCUT2D eigenvalue weighted by Crippen LogP contribution is 2.08. The molecule has 0 aliphatic carbocycles. The first kappa shape index (κ1) is 11.2. The molecule has 1 rings (SSSR count). The van der Waals surface area contributed by atoms with E-state index >= 15 is 0 Å². The Kier molecular flexibility index (Phi) is 3.68. The third kappa shape index (κ3) is 4.40. The molecular weight excluding hydrogens is 226 g/mol. The smallest absolute Gasteiger partial charge is 0.210 e. The first-order valence-electron chi connectivity index (χ1n) is 3.83. The predicted octanol–water partition coefficient (Wildman–Crippen LogP) is 0.435. The van der Waals surface area contributed by atoms with Crippen LogP contribution in [0.1, 0.15) is 0 Å². The van der Waals surface area contributed by atoms with Crippen LogP contribution in [-0.2, 0) is 10.0 Å². The third-order valence-electron chi connectivity index (χ3n) is 1.42. The topological polar surface area (TPSA) is 85.1 Å². The molecule has 14 heavy (non-hydrogen) atoms. The molecule has 0 bridgehead atoms. The van der Waals surface area contributed by atoms with E-state index in [0.29, 0.717) is 10.8 Å². The van der Waals surface area contributed by atoms with Crippen molar-refractivity contribution in [1.29, 1.82) is 0 Å². The van der Waals surface area contributed by atoms with Crippen LogP contribution in [0.25, 0.3) is 0 Å². The molecule has 1 aromatic heterocycles. The van der Waals surface area contributed by atoms with Gasteiger partial charge >= 0.3 is 0 Å². The van der Waals surface area contributed by atoms with E-state index < -0.39 is 10.0 Å². The van der Waals surface area contributed by atoms with Gasteiger partial charge in [-0.2, -0.15) is 0 Å². The maximum Gasteiger partial charge on any atom is 0.210 e. The van der Waals surface area contributed by atoms with Gasteiger partial charge in [-0.05, 0) is 12.1 Å². The van der Waals surface area contributed by atoms with E-state index in [-0.39, 0.29) is 12.3 Å². The number of hydrogen-bond donors (Lipinski definition) is 2. The number of rotatable bonds is 4. The highest BCUT2D eigenvalue weighted by atomic mass is 35.5. The Hall–Kier alpha value is -0.850. The summed E-state index contributed by atoms with van der Waals surface area (Å²) in [6.07, 6.45) is 1.47. The molecule has 0 spiro atoms. The fraction of sp³-hybridized carbons (Fsp3) is 0.286. The van der Waals surface area contributed by atoms with Crippen molar-refractivity contribution < 1.29 is 8.42 Å². The van der Waals surface area contributed by atoms with E-state index in [2.05, 4.69) is 10.3 Å². The van der Waals surface area contributed by atoms with E-state index in [9.17, 15) is 8.42 Å². The zero-order chi connectivity index (χ0) is 10.6. The molecule has 3 N–H and O–H groups in total. The van der Waals surface area contributed by atoms with Gasteiger partial charge in [0.1, 0.15) is 5.82 Å². The number of sulfonamides is 1. The van der Waals surface area contributed by atoms with Crippen LogP contribution in [0.15, 0.2) is 18.3 Å². The monoisotopic (exact) mass is 235 g/mol. The van der Waals surface area contributed by atoms with Gasteiger partial charge in [-0.25, -0.2) is 18.5 Å². The first-order chi connectivity index (χ1) is 6.47. The predicted molar refractivity (Wildman–Crippen MR) is 55.7 cm³/mol. The summed E-state index contributed by atoms with van der Waals surface area (Å²) in [5.41, 5.74) is 0. The van der Waals surface area contributed by atoms with Gasteiger partial charge < -0.3 is 5.32 Å². The summed E-state index contributed by atoms with van der Waals surface area (Å²) >= 11 is 5.61. The normalized spacial score (nSPS) is 11.3. The molecule has 0 aliphatic heterocycles. The minimum atomic E-state index is -3.42. The highest BCUT2D eigenvalue weighted by molar-refractivity contribution is 7.89. The number of halogens is 1. The molecule has 5 nitrogen and oxygen atoms in total. The lowest BCUT2D eigenvalue weighted by Crippen LogP contribution is -2.22. The molecule has 0 fully saturated rings. The van der Waals surface area contributed by atoms with Crippen molar-refractivity contribution in [3.8, 4) is 0 Å². The van der Waals surface area contributed by atoms with Crippen LogP contribution < -0.4 is 10.5 Å². The summed E-state index contributed by atoms with van der Waals surface area (Å²) in [6.45, 7) is 0.230. The Morgan fingerprint density at radius 1 is 1.50 bits per heavy atom. The Morgan fingerprint density at radius 3 is 2.71 bits per heavy atom. The number of hydrogen-bond acceptors (Lipinski definition) is 4. The first-order valence-corrected chi connectivity index (χ1v) is 5.92. The fourth-order valence-corrected chi connectivity index (χ4v) is 1.30. The second-order valence-corrected chi connectivity index (χ2v) is 4.83. The van der Waals surface area contributed by atoms with Crippen LogP contribution in [0.3, 0.4) is 0 Å². The van der Waals surface area contributed by atoms with Gasteiger partial charge in [0.2, 0.25) is 10.0 Å². The summed E-state index contributed by atoms with van der Waals surface area (Å²) < 4.78 is 21.1. The molecule has 0 saturated carbocycles. The second-order valence-electron chi connectivity index (χ2n) is 2.66. The van der Waals surface area contributed by atoms with Gasteiger partial charge in [-0.1, -0.05) is 11.6 Å². The average molecular weight is 236 g/mol. The lowest BCUT2D eigenvalue weighted by Gasteiger charge is -2.03. The van der Waals surface area contributed by atoms with E-state index in [1.165, 1.54) is 6.20 Å². The van der Waals surface area contributed by atoms with E-state index in [1.54, 1.807) is 12.1 Å². The largest absolute Gasteiger partial charge is 0.369 e. The van der Waals surface area contributed by atoms with Crippen LogP contribution in [-0.4, -0.2) is 25.7 Å². The minimum absolute atomic E-state index is 0.128. The molecule has 0 unspecified atom stereocenters. The molecule has 0 aliphatic rings. The average Bonchev–Trinajstić information content (AvgIpc) is 2.06. The molecule has 0 saturated heterocycles. The summed E-state index contributed by atoms with van der Waals surface area (Å²) in [4.78, 5) is 3.92. The van der Waals surface area contributed by atoms with Crippen molar-refractivity contribution in [1.82, 2.24) is 4.98 Å². The Bertz CT molecular complexity index is 390. The van der Waals surface area contributed by atoms with Gasteiger partial charge in [0.25, 0.3) is 0 Å². The molecule has 78 valence electrons. The number of nitrogens with zero attached hydrogens (tertiary/aromatic N) is 1. The van der Waals surface area contributed by atoms with Crippen molar-refractivity contribution in [3.63, 3.8) is 0 Å². The highest BCUT2D eigenvalue weighted by Gasteiger charge is 2.01. The summed E-state index contributed by atoms with van der Waals surface area (Å²) in [5.74, 6) is 0.440. The second kappa shape index (κ2) is 4.59. The number of aromatic nitrogens is 1. The lowest BCUT2D eigenvalue weighted by molar-refractivity contribution is 0.598. The third-order valence-corrected chi connectivity index (χ3v) is 2.42. The van der Waals surface area contributed by atoms with Crippen molar-refractivity contribution in [2.24, 2.45) is 5.14 Å². The van der Waals surface area contributed by atoms with Crippen molar-refractivity contribution in [3.05, 3.63) is 23.4 Å². The molecule has 0 aromatic carbocycles. The number of primary sulfonamides is 1. The molecule has 0 atom stereocenters. The van der Waals surface area contributed by atoms with Crippen LogP contribution in [0.2, 0.25) is 5.02 Å².